The number of primary amides is 1. The number of rotatable bonds is 5. The van der Waals surface area contributed by atoms with Crippen LogP contribution in [0.25, 0.3) is 0 Å². The number of amides is 1. The Balaban J connectivity index is 0.00000300. The summed E-state index contributed by atoms with van der Waals surface area (Å²) in [6.07, 6.45) is 3.31. The number of aliphatic imine (C=N–C) groups is 1. The molecule has 1 aromatic rings. The first-order valence-corrected chi connectivity index (χ1v) is 10.3. The second kappa shape index (κ2) is 11.7. The third-order valence-electron chi connectivity index (χ3n) is 4.92. The molecule has 29 heavy (non-hydrogen) atoms. The maximum absolute atomic E-state index is 11.3. The van der Waals surface area contributed by atoms with E-state index in [1.54, 1.807) is 0 Å². The molecule has 2 aliphatic rings. The first-order chi connectivity index (χ1) is 13.6. The molecule has 0 saturated carbocycles. The van der Waals surface area contributed by atoms with E-state index in [2.05, 4.69) is 10.2 Å². The SMILES string of the molecule is CCNC(=NCc1cc(Cl)c2c(c1)OCCCO2)N1CCCC(CC(N)=O)C1.I. The second-order valence-electron chi connectivity index (χ2n) is 7.25. The number of likely N-dealkylation sites (tertiary alicyclic amines) is 1. The highest BCUT2D eigenvalue weighted by molar-refractivity contribution is 14.0. The third kappa shape index (κ3) is 6.80. The molecule has 1 amide bonds. The number of piperidine rings is 1. The van der Waals surface area contributed by atoms with Crippen LogP contribution in [-0.4, -0.2) is 49.6 Å². The molecule has 1 fully saturated rings. The van der Waals surface area contributed by atoms with E-state index < -0.39 is 0 Å². The van der Waals surface area contributed by atoms with Gasteiger partial charge >= 0.3 is 0 Å². The lowest BCUT2D eigenvalue weighted by Crippen LogP contribution is -2.47. The topological polar surface area (TPSA) is 89.2 Å². The Kier molecular flexibility index (Phi) is 9.61. The Morgan fingerprint density at radius 2 is 2.14 bits per heavy atom. The van der Waals surface area contributed by atoms with Crippen molar-refractivity contribution < 1.29 is 14.3 Å². The lowest BCUT2D eigenvalue weighted by atomic mass is 9.95. The van der Waals surface area contributed by atoms with E-state index >= 15 is 0 Å². The van der Waals surface area contributed by atoms with Crippen molar-refractivity contribution in [3.8, 4) is 11.5 Å². The van der Waals surface area contributed by atoms with Gasteiger partial charge in [-0.25, -0.2) is 4.99 Å². The van der Waals surface area contributed by atoms with Crippen LogP contribution in [-0.2, 0) is 11.3 Å². The van der Waals surface area contributed by atoms with Gasteiger partial charge in [-0.1, -0.05) is 11.6 Å². The van der Waals surface area contributed by atoms with E-state index in [1.165, 1.54) is 0 Å². The Morgan fingerprint density at radius 1 is 1.34 bits per heavy atom. The van der Waals surface area contributed by atoms with Crippen molar-refractivity contribution in [2.75, 3.05) is 32.8 Å². The van der Waals surface area contributed by atoms with Crippen LogP contribution >= 0.6 is 35.6 Å². The number of halogens is 2. The fourth-order valence-electron chi connectivity index (χ4n) is 3.68. The number of carbonyl (C=O) groups is 1. The van der Waals surface area contributed by atoms with Gasteiger partial charge in [-0.05, 0) is 43.4 Å². The van der Waals surface area contributed by atoms with Crippen LogP contribution in [0.2, 0.25) is 5.02 Å². The normalized spacial score (nSPS) is 19.2. The van der Waals surface area contributed by atoms with Crippen LogP contribution in [0.15, 0.2) is 17.1 Å². The van der Waals surface area contributed by atoms with Crippen molar-refractivity contribution in [3.05, 3.63) is 22.7 Å². The summed E-state index contributed by atoms with van der Waals surface area (Å²) in [7, 11) is 0. The molecule has 0 aliphatic carbocycles. The van der Waals surface area contributed by atoms with Gasteiger partial charge in [-0.2, -0.15) is 0 Å². The molecule has 0 radical (unpaired) electrons. The summed E-state index contributed by atoms with van der Waals surface area (Å²) in [4.78, 5) is 18.3. The number of nitrogens with two attached hydrogens (primary N) is 1. The van der Waals surface area contributed by atoms with E-state index in [0.717, 1.165) is 50.4 Å². The number of carbonyl (C=O) groups excluding carboxylic acids is 1. The lowest BCUT2D eigenvalue weighted by Gasteiger charge is -2.34. The Morgan fingerprint density at radius 3 is 2.90 bits per heavy atom. The largest absolute Gasteiger partial charge is 0.489 e. The predicted octanol–water partition coefficient (Wildman–Crippen LogP) is 3.17. The summed E-state index contributed by atoms with van der Waals surface area (Å²) in [5, 5.41) is 3.90. The molecule has 1 saturated heterocycles. The van der Waals surface area contributed by atoms with Crippen LogP contribution in [0.5, 0.6) is 11.5 Å². The van der Waals surface area contributed by atoms with Crippen molar-refractivity contribution in [2.24, 2.45) is 16.6 Å². The Labute approximate surface area is 194 Å². The highest BCUT2D eigenvalue weighted by Crippen LogP contribution is 2.38. The monoisotopic (exact) mass is 536 g/mol. The van der Waals surface area contributed by atoms with E-state index in [4.69, 9.17) is 31.8 Å². The summed E-state index contributed by atoms with van der Waals surface area (Å²) in [6, 6.07) is 3.83. The van der Waals surface area contributed by atoms with Crippen LogP contribution in [0.3, 0.4) is 0 Å². The summed E-state index contributed by atoms with van der Waals surface area (Å²) < 4.78 is 11.4. The minimum atomic E-state index is -0.240. The van der Waals surface area contributed by atoms with Gasteiger partial charge in [0.1, 0.15) is 0 Å². The molecular formula is C20H30ClIN4O3. The zero-order valence-electron chi connectivity index (χ0n) is 16.8. The molecule has 1 atom stereocenters. The van der Waals surface area contributed by atoms with Crippen LogP contribution in [0.4, 0.5) is 0 Å². The maximum atomic E-state index is 11.3. The number of nitrogens with zero attached hydrogens (tertiary/aromatic N) is 2. The maximum Gasteiger partial charge on any atom is 0.217 e. The molecule has 7 nitrogen and oxygen atoms in total. The van der Waals surface area contributed by atoms with Crippen molar-refractivity contribution in [1.29, 1.82) is 0 Å². The average molecular weight is 537 g/mol. The standard InChI is InChI=1S/C20H29ClN4O3.HI/c1-2-23-20(25-6-3-5-14(13-25)11-18(22)26)24-12-15-9-16(21)19-17(10-15)27-7-4-8-28-19;/h9-10,14H,2-8,11-13H2,1H3,(H2,22,26)(H,23,24);1H. The van der Waals surface area contributed by atoms with Gasteiger partial charge in [-0.15, -0.1) is 24.0 Å². The van der Waals surface area contributed by atoms with Gasteiger partial charge in [0.05, 0.1) is 24.8 Å². The number of benzene rings is 1. The van der Waals surface area contributed by atoms with Crippen LogP contribution < -0.4 is 20.5 Å². The van der Waals surface area contributed by atoms with Gasteiger partial charge in [-0.3, -0.25) is 4.79 Å². The van der Waals surface area contributed by atoms with E-state index in [9.17, 15) is 4.79 Å². The summed E-state index contributed by atoms with van der Waals surface area (Å²) >= 11 is 6.39. The zero-order valence-corrected chi connectivity index (χ0v) is 19.9. The van der Waals surface area contributed by atoms with E-state index in [1.807, 2.05) is 19.1 Å². The van der Waals surface area contributed by atoms with E-state index in [0.29, 0.717) is 42.7 Å². The van der Waals surface area contributed by atoms with Crippen LogP contribution in [0, 0.1) is 5.92 Å². The minimum Gasteiger partial charge on any atom is -0.489 e. The highest BCUT2D eigenvalue weighted by Gasteiger charge is 2.23. The molecule has 3 rings (SSSR count). The molecule has 2 aliphatic heterocycles. The fraction of sp³-hybridized carbons (Fsp3) is 0.600. The van der Waals surface area contributed by atoms with Crippen molar-refractivity contribution in [1.82, 2.24) is 10.2 Å². The molecule has 0 bridgehead atoms. The summed E-state index contributed by atoms with van der Waals surface area (Å²) in [5.41, 5.74) is 6.35. The van der Waals surface area contributed by atoms with Gasteiger partial charge in [0.25, 0.3) is 0 Å². The van der Waals surface area contributed by atoms with E-state index in [-0.39, 0.29) is 35.8 Å². The van der Waals surface area contributed by atoms with Gasteiger partial charge < -0.3 is 25.4 Å². The van der Waals surface area contributed by atoms with Crippen molar-refractivity contribution >= 4 is 47.4 Å². The lowest BCUT2D eigenvalue weighted by molar-refractivity contribution is -0.119. The van der Waals surface area contributed by atoms with Crippen LogP contribution in [0.1, 0.15) is 38.2 Å². The number of hydrogen-bond donors (Lipinski definition) is 2. The summed E-state index contributed by atoms with van der Waals surface area (Å²) in [6.45, 7) is 6.24. The molecule has 1 aromatic carbocycles. The van der Waals surface area contributed by atoms with Gasteiger partial charge in [0.15, 0.2) is 17.5 Å². The molecule has 9 heteroatoms. The quantitative estimate of drug-likeness (QED) is 0.343. The smallest absolute Gasteiger partial charge is 0.217 e. The first-order valence-electron chi connectivity index (χ1n) is 9.96. The number of hydrogen-bond acceptors (Lipinski definition) is 4. The van der Waals surface area contributed by atoms with Crippen molar-refractivity contribution in [2.45, 2.75) is 39.2 Å². The molecule has 162 valence electrons. The second-order valence-corrected chi connectivity index (χ2v) is 7.66. The minimum absolute atomic E-state index is 0. The number of fused-ring (bicyclic) bond motifs is 1. The Bertz CT molecular complexity index is 732. The Hall–Kier alpha value is -1.42. The molecule has 2 heterocycles. The van der Waals surface area contributed by atoms with Gasteiger partial charge in [0.2, 0.25) is 5.91 Å². The zero-order chi connectivity index (χ0) is 19.9. The third-order valence-corrected chi connectivity index (χ3v) is 5.20. The van der Waals surface area contributed by atoms with Crippen molar-refractivity contribution in [3.63, 3.8) is 0 Å². The molecular weight excluding hydrogens is 507 g/mol. The number of guanidine groups is 1. The number of ether oxygens (including phenoxy) is 2. The average Bonchev–Trinajstić information content (AvgIpc) is 2.91. The molecule has 0 aromatic heterocycles. The number of nitrogens with one attached hydrogen (secondary N) is 1. The summed E-state index contributed by atoms with van der Waals surface area (Å²) in [5.74, 6) is 2.18. The first kappa shape index (κ1) is 23.9. The predicted molar refractivity (Wildman–Crippen MR) is 125 cm³/mol. The molecule has 0 spiro atoms. The molecule has 3 N–H and O–H groups in total. The highest BCUT2D eigenvalue weighted by atomic mass is 127. The molecule has 1 unspecified atom stereocenters. The fourth-order valence-corrected chi connectivity index (χ4v) is 3.96. The van der Waals surface area contributed by atoms with Gasteiger partial charge in [0, 0.05) is 32.5 Å².